The normalized spacial score (nSPS) is 16.3. The van der Waals surface area contributed by atoms with Gasteiger partial charge in [-0.05, 0) is 37.3 Å². The maximum Gasteiger partial charge on any atom is 0.244 e. The first-order valence-corrected chi connectivity index (χ1v) is 12.1. The molecule has 9 nitrogen and oxygen atoms in total. The van der Waals surface area contributed by atoms with Crippen molar-refractivity contribution in [2.75, 3.05) is 18.6 Å². The van der Waals surface area contributed by atoms with Crippen LogP contribution in [0.4, 0.5) is 5.95 Å². The van der Waals surface area contributed by atoms with Crippen molar-refractivity contribution in [2.24, 2.45) is 5.92 Å². The van der Waals surface area contributed by atoms with Crippen LogP contribution in [0, 0.1) is 5.92 Å². The molecule has 1 unspecified atom stereocenters. The van der Waals surface area contributed by atoms with Crippen LogP contribution in [0.1, 0.15) is 26.2 Å². The quantitative estimate of drug-likeness (QED) is 0.490. The Morgan fingerprint density at radius 2 is 1.94 bits per heavy atom. The largest absolute Gasteiger partial charge is 0.341 e. The number of carbonyl (C=O) groups excluding carboxylic acids is 1. The third-order valence-electron chi connectivity index (χ3n) is 5.35. The van der Waals surface area contributed by atoms with E-state index < -0.39 is 16.1 Å². The predicted molar refractivity (Wildman–Crippen MR) is 118 cm³/mol. The van der Waals surface area contributed by atoms with Gasteiger partial charge in [-0.15, -0.1) is 0 Å². The third-order valence-corrected chi connectivity index (χ3v) is 7.78. The van der Waals surface area contributed by atoms with Crippen LogP contribution in [0.25, 0.3) is 0 Å². The van der Waals surface area contributed by atoms with Crippen molar-refractivity contribution in [3.8, 4) is 0 Å². The molecule has 0 bridgehead atoms. The molecule has 1 aromatic carbocycles. The Kier molecular flexibility index (Phi) is 7.82. The van der Waals surface area contributed by atoms with E-state index in [1.807, 2.05) is 5.48 Å². The molecule has 12 heteroatoms. The molecule has 0 saturated carbocycles. The molecule has 1 amide bonds. The lowest BCUT2D eigenvalue weighted by molar-refractivity contribution is -0.134. The molecule has 31 heavy (non-hydrogen) atoms. The van der Waals surface area contributed by atoms with Crippen LogP contribution >= 0.6 is 23.2 Å². The van der Waals surface area contributed by atoms with Crippen molar-refractivity contribution in [3.63, 3.8) is 0 Å². The SMILES string of the molecule is CC1CCN(C(=O)C(CCn2ccnc2NO)NS(=O)(=O)c2c(Cl)cccc2Cl)CC1. The van der Waals surface area contributed by atoms with Gasteiger partial charge in [0.1, 0.15) is 10.9 Å². The first kappa shape index (κ1) is 23.8. The van der Waals surface area contributed by atoms with E-state index in [0.717, 1.165) is 12.8 Å². The fraction of sp³-hybridized carbons (Fsp3) is 0.474. The fourth-order valence-corrected chi connectivity index (χ4v) is 5.91. The van der Waals surface area contributed by atoms with E-state index in [2.05, 4.69) is 16.6 Å². The van der Waals surface area contributed by atoms with Gasteiger partial charge in [-0.3, -0.25) is 10.0 Å². The Morgan fingerprint density at radius 3 is 2.55 bits per heavy atom. The van der Waals surface area contributed by atoms with Gasteiger partial charge in [-0.2, -0.15) is 4.72 Å². The number of piperidine rings is 1. The second-order valence-electron chi connectivity index (χ2n) is 7.58. The Labute approximate surface area is 191 Å². The molecule has 0 radical (unpaired) electrons. The second-order valence-corrected chi connectivity index (χ2v) is 10.0. The third kappa shape index (κ3) is 5.69. The number of aryl methyl sites for hydroxylation is 1. The van der Waals surface area contributed by atoms with E-state index in [0.29, 0.717) is 19.0 Å². The number of aromatic nitrogens is 2. The summed E-state index contributed by atoms with van der Waals surface area (Å²) in [5.41, 5.74) is 1.97. The number of rotatable bonds is 8. The Bertz CT molecular complexity index is 1000. The van der Waals surface area contributed by atoms with Gasteiger partial charge in [0, 0.05) is 32.0 Å². The number of anilines is 1. The van der Waals surface area contributed by atoms with Crippen molar-refractivity contribution in [3.05, 3.63) is 40.6 Å². The van der Waals surface area contributed by atoms with Crippen LogP contribution < -0.4 is 10.2 Å². The van der Waals surface area contributed by atoms with E-state index >= 15 is 0 Å². The highest BCUT2D eigenvalue weighted by Gasteiger charge is 2.32. The minimum Gasteiger partial charge on any atom is -0.341 e. The Morgan fingerprint density at radius 1 is 1.29 bits per heavy atom. The Hall–Kier alpha value is -1.85. The summed E-state index contributed by atoms with van der Waals surface area (Å²) in [6.07, 6.45) is 4.96. The summed E-state index contributed by atoms with van der Waals surface area (Å²) in [5.74, 6) is 0.400. The lowest BCUT2D eigenvalue weighted by Gasteiger charge is -2.33. The van der Waals surface area contributed by atoms with Crippen molar-refractivity contribution in [1.29, 1.82) is 0 Å². The molecule has 0 aliphatic carbocycles. The number of hydrogen-bond donors (Lipinski definition) is 3. The summed E-state index contributed by atoms with van der Waals surface area (Å²) in [6, 6.07) is 3.36. The lowest BCUT2D eigenvalue weighted by Crippen LogP contribution is -2.51. The van der Waals surface area contributed by atoms with Crippen LogP contribution in [0.15, 0.2) is 35.5 Å². The smallest absolute Gasteiger partial charge is 0.244 e. The molecule has 1 atom stereocenters. The second kappa shape index (κ2) is 10.2. The maximum atomic E-state index is 13.2. The molecule has 170 valence electrons. The number of imidazole rings is 1. The van der Waals surface area contributed by atoms with Crippen LogP contribution in [0.5, 0.6) is 0 Å². The number of nitrogens with zero attached hydrogens (tertiary/aromatic N) is 3. The molecule has 3 N–H and O–H groups in total. The highest BCUT2D eigenvalue weighted by atomic mass is 35.5. The monoisotopic (exact) mass is 489 g/mol. The number of likely N-dealkylation sites (tertiary alicyclic amines) is 1. The molecule has 2 aromatic rings. The zero-order valence-electron chi connectivity index (χ0n) is 17.0. The molecular formula is C19H25Cl2N5O4S. The van der Waals surface area contributed by atoms with Gasteiger partial charge >= 0.3 is 0 Å². The zero-order chi connectivity index (χ0) is 22.6. The average Bonchev–Trinajstić information content (AvgIpc) is 3.18. The predicted octanol–water partition coefficient (Wildman–Crippen LogP) is 2.99. The summed E-state index contributed by atoms with van der Waals surface area (Å²) in [4.78, 5) is 18.6. The van der Waals surface area contributed by atoms with Crippen molar-refractivity contribution in [2.45, 2.75) is 43.7 Å². The van der Waals surface area contributed by atoms with Gasteiger partial charge in [0.2, 0.25) is 21.9 Å². The van der Waals surface area contributed by atoms with Crippen LogP contribution in [0.3, 0.4) is 0 Å². The number of nitrogens with one attached hydrogen (secondary N) is 2. The molecule has 3 rings (SSSR count). The summed E-state index contributed by atoms with van der Waals surface area (Å²) in [6.45, 7) is 3.51. The number of halogens is 2. The number of sulfonamides is 1. The van der Waals surface area contributed by atoms with Gasteiger partial charge < -0.3 is 9.47 Å². The van der Waals surface area contributed by atoms with Gasteiger partial charge in [-0.1, -0.05) is 36.2 Å². The average molecular weight is 490 g/mol. The van der Waals surface area contributed by atoms with E-state index in [1.165, 1.54) is 18.3 Å². The number of hydrogen-bond acceptors (Lipinski definition) is 6. The van der Waals surface area contributed by atoms with Crippen molar-refractivity contribution in [1.82, 2.24) is 19.2 Å². The zero-order valence-corrected chi connectivity index (χ0v) is 19.3. The molecule has 2 heterocycles. The van der Waals surface area contributed by atoms with Crippen LogP contribution in [-0.4, -0.2) is 53.1 Å². The highest BCUT2D eigenvalue weighted by Crippen LogP contribution is 2.29. The molecule has 0 spiro atoms. The molecule has 1 aliphatic heterocycles. The summed E-state index contributed by atoms with van der Waals surface area (Å²) in [7, 11) is -4.17. The van der Waals surface area contributed by atoms with E-state index in [4.69, 9.17) is 28.4 Å². The van der Waals surface area contributed by atoms with E-state index in [-0.39, 0.29) is 39.8 Å². The van der Waals surface area contributed by atoms with Gasteiger partial charge in [0.25, 0.3) is 0 Å². The van der Waals surface area contributed by atoms with Crippen LogP contribution in [-0.2, 0) is 21.4 Å². The fourth-order valence-electron chi connectivity index (χ4n) is 3.54. The molecule has 1 fully saturated rings. The molecule has 1 aromatic heterocycles. The molecule has 1 saturated heterocycles. The molecular weight excluding hydrogens is 465 g/mol. The van der Waals surface area contributed by atoms with Crippen LogP contribution in [0.2, 0.25) is 10.0 Å². The van der Waals surface area contributed by atoms with E-state index in [9.17, 15) is 13.2 Å². The summed E-state index contributed by atoms with van der Waals surface area (Å²) < 4.78 is 30.2. The van der Waals surface area contributed by atoms with E-state index in [1.54, 1.807) is 21.7 Å². The van der Waals surface area contributed by atoms with Gasteiger partial charge in [-0.25, -0.2) is 18.9 Å². The lowest BCUT2D eigenvalue weighted by atomic mass is 9.98. The highest BCUT2D eigenvalue weighted by molar-refractivity contribution is 7.89. The maximum absolute atomic E-state index is 13.2. The first-order chi connectivity index (χ1) is 14.7. The topological polar surface area (TPSA) is 117 Å². The van der Waals surface area contributed by atoms with Crippen molar-refractivity contribution >= 4 is 45.1 Å². The van der Waals surface area contributed by atoms with Gasteiger partial charge in [0.15, 0.2) is 0 Å². The van der Waals surface area contributed by atoms with Gasteiger partial charge in [0.05, 0.1) is 10.0 Å². The minimum absolute atomic E-state index is 0.0284. The minimum atomic E-state index is -4.17. The van der Waals surface area contributed by atoms with Crippen molar-refractivity contribution < 1.29 is 18.4 Å². The summed E-state index contributed by atoms with van der Waals surface area (Å²) >= 11 is 12.2. The molecule has 1 aliphatic rings. The number of carbonyl (C=O) groups is 1. The standard InChI is InChI=1S/C19H25Cl2N5O4S/c1-13-5-9-25(10-6-13)18(27)16(7-11-26-12-8-22-19(26)23-28)24-31(29,30)17-14(20)3-2-4-15(17)21/h2-4,8,12-13,16,24,28H,5-7,9-11H2,1H3,(H,22,23). The number of amides is 1. The first-order valence-electron chi connectivity index (χ1n) is 9.89. The Balaban J connectivity index is 1.85. The summed E-state index contributed by atoms with van der Waals surface area (Å²) in [5, 5.41) is 9.10. The number of benzene rings is 1.